The average molecular weight is 181 g/mol. The summed E-state index contributed by atoms with van der Waals surface area (Å²) in [6, 6.07) is 0. The number of aromatic nitrogens is 2. The summed E-state index contributed by atoms with van der Waals surface area (Å²) in [6.07, 6.45) is 6.64. The standard InChI is InChI=1S/C9H15N3O/c1-7-2-3-8(13-7)4-12-5-9(10)11-6-12/h5-8H,2-4,10H2,1H3. The molecule has 2 heterocycles. The topological polar surface area (TPSA) is 53.1 Å². The molecule has 13 heavy (non-hydrogen) atoms. The van der Waals surface area contributed by atoms with E-state index in [0.29, 0.717) is 18.0 Å². The molecule has 0 spiro atoms. The van der Waals surface area contributed by atoms with Crippen LogP contribution in [0.15, 0.2) is 12.5 Å². The van der Waals surface area contributed by atoms with E-state index in [1.807, 2.05) is 10.8 Å². The van der Waals surface area contributed by atoms with Crippen LogP contribution >= 0.6 is 0 Å². The van der Waals surface area contributed by atoms with Crippen molar-refractivity contribution < 1.29 is 4.74 Å². The Morgan fingerprint density at radius 1 is 1.69 bits per heavy atom. The second-order valence-electron chi connectivity index (χ2n) is 3.64. The molecule has 1 fully saturated rings. The van der Waals surface area contributed by atoms with Crippen LogP contribution < -0.4 is 5.73 Å². The van der Waals surface area contributed by atoms with E-state index < -0.39 is 0 Å². The maximum Gasteiger partial charge on any atom is 0.141 e. The largest absolute Gasteiger partial charge is 0.382 e. The first kappa shape index (κ1) is 8.56. The average Bonchev–Trinajstić information content (AvgIpc) is 2.62. The number of nitrogens with two attached hydrogens (primary N) is 1. The summed E-state index contributed by atoms with van der Waals surface area (Å²) < 4.78 is 7.67. The number of hydrogen-bond donors (Lipinski definition) is 1. The van der Waals surface area contributed by atoms with Crippen molar-refractivity contribution in [2.75, 3.05) is 5.73 Å². The van der Waals surface area contributed by atoms with E-state index in [9.17, 15) is 0 Å². The Kier molecular flexibility index (Phi) is 2.22. The lowest BCUT2D eigenvalue weighted by Crippen LogP contribution is -2.15. The predicted octanol–water partition coefficient (Wildman–Crippen LogP) is 1.03. The third-order valence-electron chi connectivity index (χ3n) is 2.39. The van der Waals surface area contributed by atoms with Gasteiger partial charge in [0.05, 0.1) is 18.5 Å². The Morgan fingerprint density at radius 3 is 3.08 bits per heavy atom. The van der Waals surface area contributed by atoms with Gasteiger partial charge in [-0.3, -0.25) is 0 Å². The molecule has 0 saturated carbocycles. The van der Waals surface area contributed by atoms with Crippen LogP contribution in [0.5, 0.6) is 0 Å². The van der Waals surface area contributed by atoms with Gasteiger partial charge in [-0.05, 0) is 19.8 Å². The molecule has 4 heteroatoms. The van der Waals surface area contributed by atoms with Crippen molar-refractivity contribution in [1.82, 2.24) is 9.55 Å². The fourth-order valence-electron chi connectivity index (χ4n) is 1.73. The summed E-state index contributed by atoms with van der Waals surface area (Å²) in [5.41, 5.74) is 5.51. The SMILES string of the molecule is CC1CCC(Cn2cnc(N)c2)O1. The molecule has 0 aromatic carbocycles. The quantitative estimate of drug-likeness (QED) is 0.741. The summed E-state index contributed by atoms with van der Waals surface area (Å²) in [7, 11) is 0. The molecule has 1 aromatic heterocycles. The molecular weight excluding hydrogens is 166 g/mol. The molecule has 2 unspecified atom stereocenters. The zero-order chi connectivity index (χ0) is 9.26. The molecular formula is C9H15N3O. The minimum Gasteiger partial charge on any atom is -0.382 e. The van der Waals surface area contributed by atoms with E-state index in [2.05, 4.69) is 11.9 Å². The molecule has 2 rings (SSSR count). The fourth-order valence-corrected chi connectivity index (χ4v) is 1.73. The maximum absolute atomic E-state index is 5.69. The first-order valence-corrected chi connectivity index (χ1v) is 4.67. The van der Waals surface area contributed by atoms with Gasteiger partial charge in [-0.15, -0.1) is 0 Å². The van der Waals surface area contributed by atoms with Gasteiger partial charge in [0.1, 0.15) is 5.82 Å². The van der Waals surface area contributed by atoms with E-state index >= 15 is 0 Å². The molecule has 0 amide bonds. The van der Waals surface area contributed by atoms with Crippen molar-refractivity contribution in [3.63, 3.8) is 0 Å². The van der Waals surface area contributed by atoms with Crippen LogP contribution in [0.2, 0.25) is 0 Å². The summed E-state index contributed by atoms with van der Waals surface area (Å²) in [5, 5.41) is 0. The molecule has 1 saturated heterocycles. The van der Waals surface area contributed by atoms with Crippen molar-refractivity contribution in [1.29, 1.82) is 0 Å². The second kappa shape index (κ2) is 3.38. The number of imidazole rings is 1. The highest BCUT2D eigenvalue weighted by atomic mass is 16.5. The molecule has 0 aliphatic carbocycles. The smallest absolute Gasteiger partial charge is 0.141 e. The number of nitrogens with zero attached hydrogens (tertiary/aromatic N) is 2. The number of nitrogen functional groups attached to an aromatic ring is 1. The number of rotatable bonds is 2. The molecule has 0 radical (unpaired) electrons. The van der Waals surface area contributed by atoms with Gasteiger partial charge < -0.3 is 15.0 Å². The van der Waals surface area contributed by atoms with Gasteiger partial charge >= 0.3 is 0 Å². The normalized spacial score (nSPS) is 28.1. The highest BCUT2D eigenvalue weighted by molar-refractivity contribution is 5.22. The lowest BCUT2D eigenvalue weighted by atomic mass is 10.2. The molecule has 1 aliphatic rings. The minimum absolute atomic E-state index is 0.337. The van der Waals surface area contributed by atoms with Gasteiger partial charge in [0.25, 0.3) is 0 Å². The van der Waals surface area contributed by atoms with Crippen LogP contribution in [0.3, 0.4) is 0 Å². The maximum atomic E-state index is 5.69. The van der Waals surface area contributed by atoms with Crippen LogP contribution in [0.1, 0.15) is 19.8 Å². The van der Waals surface area contributed by atoms with Gasteiger partial charge in [-0.2, -0.15) is 0 Å². The zero-order valence-corrected chi connectivity index (χ0v) is 7.81. The van der Waals surface area contributed by atoms with Crippen molar-refractivity contribution in [3.8, 4) is 0 Å². The Morgan fingerprint density at radius 2 is 2.54 bits per heavy atom. The van der Waals surface area contributed by atoms with Crippen LogP contribution in [-0.2, 0) is 11.3 Å². The van der Waals surface area contributed by atoms with Gasteiger partial charge in [0.2, 0.25) is 0 Å². The summed E-state index contributed by atoms with van der Waals surface area (Å²) in [6.45, 7) is 2.98. The molecule has 1 aromatic rings. The Hall–Kier alpha value is -1.03. The number of anilines is 1. The third-order valence-corrected chi connectivity index (χ3v) is 2.39. The Balaban J connectivity index is 1.91. The van der Waals surface area contributed by atoms with Crippen molar-refractivity contribution >= 4 is 5.82 Å². The monoisotopic (exact) mass is 181 g/mol. The summed E-state index contributed by atoms with van der Waals surface area (Å²) >= 11 is 0. The third kappa shape index (κ3) is 2.01. The van der Waals surface area contributed by atoms with E-state index in [-0.39, 0.29) is 0 Å². The summed E-state index contributed by atoms with van der Waals surface area (Å²) in [5.74, 6) is 0.575. The van der Waals surface area contributed by atoms with Gasteiger partial charge in [-0.25, -0.2) is 4.98 Å². The van der Waals surface area contributed by atoms with Gasteiger partial charge in [0.15, 0.2) is 0 Å². The molecule has 2 atom stereocenters. The van der Waals surface area contributed by atoms with Crippen molar-refractivity contribution in [3.05, 3.63) is 12.5 Å². The first-order valence-electron chi connectivity index (χ1n) is 4.67. The lowest BCUT2D eigenvalue weighted by Gasteiger charge is -2.10. The molecule has 1 aliphatic heterocycles. The first-order chi connectivity index (χ1) is 6.24. The van der Waals surface area contributed by atoms with E-state index in [1.165, 1.54) is 0 Å². The van der Waals surface area contributed by atoms with E-state index in [0.717, 1.165) is 19.4 Å². The van der Waals surface area contributed by atoms with Crippen LogP contribution in [0.4, 0.5) is 5.82 Å². The highest BCUT2D eigenvalue weighted by Gasteiger charge is 2.21. The Bertz CT molecular complexity index is 284. The second-order valence-corrected chi connectivity index (χ2v) is 3.64. The minimum atomic E-state index is 0.337. The van der Waals surface area contributed by atoms with Crippen LogP contribution in [-0.4, -0.2) is 21.8 Å². The van der Waals surface area contributed by atoms with Crippen molar-refractivity contribution in [2.45, 2.75) is 38.5 Å². The number of hydrogen-bond acceptors (Lipinski definition) is 3. The van der Waals surface area contributed by atoms with Gasteiger partial charge in [-0.1, -0.05) is 0 Å². The zero-order valence-electron chi connectivity index (χ0n) is 7.81. The molecule has 0 bridgehead atoms. The molecule has 2 N–H and O–H groups in total. The van der Waals surface area contributed by atoms with Crippen LogP contribution in [0, 0.1) is 0 Å². The van der Waals surface area contributed by atoms with Gasteiger partial charge in [0, 0.05) is 12.7 Å². The van der Waals surface area contributed by atoms with Crippen molar-refractivity contribution in [2.24, 2.45) is 0 Å². The summed E-state index contributed by atoms with van der Waals surface area (Å²) in [4.78, 5) is 3.96. The fraction of sp³-hybridized carbons (Fsp3) is 0.667. The number of ether oxygens (including phenoxy) is 1. The Labute approximate surface area is 77.7 Å². The molecule has 4 nitrogen and oxygen atoms in total. The predicted molar refractivity (Wildman–Crippen MR) is 50.2 cm³/mol. The highest BCUT2D eigenvalue weighted by Crippen LogP contribution is 2.20. The molecule has 72 valence electrons. The lowest BCUT2D eigenvalue weighted by molar-refractivity contribution is 0.0458. The van der Waals surface area contributed by atoms with Crippen LogP contribution in [0.25, 0.3) is 0 Å². The van der Waals surface area contributed by atoms with E-state index in [4.69, 9.17) is 10.5 Å². The van der Waals surface area contributed by atoms with E-state index in [1.54, 1.807) is 6.33 Å².